The predicted octanol–water partition coefficient (Wildman–Crippen LogP) is -0.0615. The minimum atomic E-state index is -0.533. The van der Waals surface area contributed by atoms with Crippen LogP contribution in [0.4, 0.5) is 0 Å². The molecule has 0 fully saturated rings. The van der Waals surface area contributed by atoms with Crippen LogP contribution in [-0.2, 0) is 13.1 Å². The van der Waals surface area contributed by atoms with Crippen molar-refractivity contribution in [2.75, 3.05) is 13.2 Å². The SMILES string of the molecule is O=c1n(-c2cccc3ccccc23)c(=O)n(CCO)n1CCO. The van der Waals surface area contributed by atoms with Crippen molar-refractivity contribution in [1.29, 1.82) is 0 Å². The molecule has 3 rings (SSSR count). The summed E-state index contributed by atoms with van der Waals surface area (Å²) in [7, 11) is 0. The smallest absolute Gasteiger partial charge is 0.351 e. The van der Waals surface area contributed by atoms with Gasteiger partial charge in [0, 0.05) is 5.39 Å². The number of hydrogen-bond donors (Lipinski definition) is 2. The quantitative estimate of drug-likeness (QED) is 0.690. The zero-order chi connectivity index (χ0) is 16.4. The van der Waals surface area contributed by atoms with E-state index in [1.807, 2.05) is 30.3 Å². The van der Waals surface area contributed by atoms with Gasteiger partial charge in [-0.1, -0.05) is 36.4 Å². The molecular weight excluding hydrogens is 298 g/mol. The van der Waals surface area contributed by atoms with Crippen LogP contribution in [0.25, 0.3) is 16.5 Å². The molecule has 7 nitrogen and oxygen atoms in total. The van der Waals surface area contributed by atoms with Crippen LogP contribution < -0.4 is 11.4 Å². The molecule has 23 heavy (non-hydrogen) atoms. The normalized spacial score (nSPS) is 11.2. The third-order valence-corrected chi connectivity index (χ3v) is 3.75. The van der Waals surface area contributed by atoms with Gasteiger partial charge in [0.1, 0.15) is 0 Å². The molecule has 0 aliphatic heterocycles. The molecule has 0 bridgehead atoms. The fourth-order valence-electron chi connectivity index (χ4n) is 2.75. The van der Waals surface area contributed by atoms with E-state index in [1.54, 1.807) is 12.1 Å². The Morgan fingerprint density at radius 3 is 1.96 bits per heavy atom. The van der Waals surface area contributed by atoms with Gasteiger partial charge in [0.25, 0.3) is 0 Å². The first-order valence-corrected chi connectivity index (χ1v) is 7.31. The molecule has 0 aliphatic carbocycles. The molecule has 0 unspecified atom stereocenters. The van der Waals surface area contributed by atoms with Gasteiger partial charge in [-0.25, -0.2) is 23.5 Å². The van der Waals surface area contributed by atoms with Crippen LogP contribution in [0.2, 0.25) is 0 Å². The number of aliphatic hydroxyl groups is 2. The molecular formula is C16H17N3O4. The molecule has 0 saturated heterocycles. The molecule has 120 valence electrons. The number of aromatic nitrogens is 3. The van der Waals surface area contributed by atoms with E-state index in [2.05, 4.69) is 0 Å². The lowest BCUT2D eigenvalue weighted by Gasteiger charge is -2.05. The summed E-state index contributed by atoms with van der Waals surface area (Å²) in [5.74, 6) is 0. The van der Waals surface area contributed by atoms with Crippen molar-refractivity contribution in [1.82, 2.24) is 13.9 Å². The van der Waals surface area contributed by atoms with Gasteiger partial charge in [0.05, 0.1) is 32.0 Å². The van der Waals surface area contributed by atoms with Crippen LogP contribution in [0.5, 0.6) is 0 Å². The fourth-order valence-corrected chi connectivity index (χ4v) is 2.75. The number of hydrogen-bond acceptors (Lipinski definition) is 4. The number of benzene rings is 2. The minimum absolute atomic E-state index is 0.00810. The zero-order valence-corrected chi connectivity index (χ0v) is 12.4. The van der Waals surface area contributed by atoms with Crippen LogP contribution in [0.15, 0.2) is 52.1 Å². The first-order chi connectivity index (χ1) is 11.2. The molecule has 1 heterocycles. The first kappa shape index (κ1) is 15.3. The van der Waals surface area contributed by atoms with E-state index in [0.717, 1.165) is 24.7 Å². The average Bonchev–Trinajstić information content (AvgIpc) is 2.79. The molecule has 2 N–H and O–H groups in total. The highest BCUT2D eigenvalue weighted by atomic mass is 16.3. The van der Waals surface area contributed by atoms with Crippen molar-refractivity contribution < 1.29 is 10.2 Å². The molecule has 3 aromatic rings. The number of fused-ring (bicyclic) bond motifs is 1. The van der Waals surface area contributed by atoms with Gasteiger partial charge < -0.3 is 10.2 Å². The molecule has 2 aromatic carbocycles. The maximum absolute atomic E-state index is 12.6. The molecule has 0 radical (unpaired) electrons. The van der Waals surface area contributed by atoms with E-state index in [9.17, 15) is 9.59 Å². The number of nitrogens with zero attached hydrogens (tertiary/aromatic N) is 3. The molecule has 7 heteroatoms. The minimum Gasteiger partial charge on any atom is -0.394 e. The Kier molecular flexibility index (Phi) is 4.14. The van der Waals surface area contributed by atoms with E-state index >= 15 is 0 Å². The van der Waals surface area contributed by atoms with Crippen molar-refractivity contribution >= 4 is 10.8 Å². The van der Waals surface area contributed by atoms with E-state index in [4.69, 9.17) is 10.2 Å². The average molecular weight is 315 g/mol. The van der Waals surface area contributed by atoms with Crippen molar-refractivity contribution in [3.8, 4) is 5.69 Å². The highest BCUT2D eigenvalue weighted by Crippen LogP contribution is 2.20. The summed E-state index contributed by atoms with van der Waals surface area (Å²) in [4.78, 5) is 25.3. The van der Waals surface area contributed by atoms with E-state index in [0.29, 0.717) is 5.69 Å². The highest BCUT2D eigenvalue weighted by Gasteiger charge is 2.17. The van der Waals surface area contributed by atoms with Crippen LogP contribution in [-0.4, -0.2) is 37.4 Å². The van der Waals surface area contributed by atoms with E-state index in [1.165, 1.54) is 0 Å². The molecule has 0 atom stereocenters. The second-order valence-electron chi connectivity index (χ2n) is 5.09. The molecule has 0 saturated carbocycles. The standard InChI is InChI=1S/C16H17N3O4/c20-10-8-17-15(22)19(16(23)18(17)9-11-21)14-7-3-5-12-4-1-2-6-13(12)14/h1-7,20-21H,8-11H2. The second kappa shape index (κ2) is 6.23. The second-order valence-corrected chi connectivity index (χ2v) is 5.09. The lowest BCUT2D eigenvalue weighted by Crippen LogP contribution is -2.29. The van der Waals surface area contributed by atoms with Gasteiger partial charge in [-0.2, -0.15) is 0 Å². The summed E-state index contributed by atoms with van der Waals surface area (Å²) in [6.07, 6.45) is 0. The van der Waals surface area contributed by atoms with Gasteiger partial charge >= 0.3 is 11.4 Å². The molecule has 1 aromatic heterocycles. The summed E-state index contributed by atoms with van der Waals surface area (Å²) < 4.78 is 3.38. The predicted molar refractivity (Wildman–Crippen MR) is 86.0 cm³/mol. The molecule has 0 aliphatic rings. The van der Waals surface area contributed by atoms with E-state index < -0.39 is 11.4 Å². The van der Waals surface area contributed by atoms with Crippen LogP contribution >= 0.6 is 0 Å². The lowest BCUT2D eigenvalue weighted by atomic mass is 10.1. The fraction of sp³-hybridized carbons (Fsp3) is 0.250. The maximum Gasteiger partial charge on any atom is 0.351 e. The van der Waals surface area contributed by atoms with Crippen LogP contribution in [0.1, 0.15) is 0 Å². The van der Waals surface area contributed by atoms with Crippen molar-refractivity contribution in [2.24, 2.45) is 0 Å². The topological polar surface area (TPSA) is 89.4 Å². The Bertz CT molecular complexity index is 909. The molecule has 0 amide bonds. The van der Waals surface area contributed by atoms with Crippen molar-refractivity contribution in [3.05, 3.63) is 63.4 Å². The van der Waals surface area contributed by atoms with Crippen LogP contribution in [0, 0.1) is 0 Å². The maximum atomic E-state index is 12.6. The van der Waals surface area contributed by atoms with Gasteiger partial charge in [-0.05, 0) is 11.5 Å². The Morgan fingerprint density at radius 1 is 0.783 bits per heavy atom. The van der Waals surface area contributed by atoms with Crippen LogP contribution in [0.3, 0.4) is 0 Å². The van der Waals surface area contributed by atoms with Gasteiger partial charge in [-0.15, -0.1) is 0 Å². The summed E-state index contributed by atoms with van der Waals surface area (Å²) >= 11 is 0. The Morgan fingerprint density at radius 2 is 1.35 bits per heavy atom. The summed E-state index contributed by atoms with van der Waals surface area (Å²) in [6.45, 7) is -0.563. The third-order valence-electron chi connectivity index (χ3n) is 3.75. The zero-order valence-electron chi connectivity index (χ0n) is 12.4. The van der Waals surface area contributed by atoms with E-state index in [-0.39, 0.29) is 26.3 Å². The van der Waals surface area contributed by atoms with Gasteiger partial charge in [0.15, 0.2) is 0 Å². The largest absolute Gasteiger partial charge is 0.394 e. The van der Waals surface area contributed by atoms with Crippen molar-refractivity contribution in [3.63, 3.8) is 0 Å². The lowest BCUT2D eigenvalue weighted by molar-refractivity contribution is 0.226. The third kappa shape index (κ3) is 2.49. The van der Waals surface area contributed by atoms with Gasteiger partial charge in [0.2, 0.25) is 0 Å². The van der Waals surface area contributed by atoms with Gasteiger partial charge in [-0.3, -0.25) is 0 Å². The number of aliphatic hydroxyl groups excluding tert-OH is 2. The first-order valence-electron chi connectivity index (χ1n) is 7.31. The summed E-state index contributed by atoms with van der Waals surface area (Å²) in [5, 5.41) is 20.0. The Hall–Kier alpha value is -2.64. The monoisotopic (exact) mass is 315 g/mol. The summed E-state index contributed by atoms with van der Waals surface area (Å²) in [5.41, 5.74) is -0.579. The number of rotatable bonds is 5. The Balaban J connectivity index is 2.33. The summed E-state index contributed by atoms with van der Waals surface area (Å²) in [6, 6.07) is 12.9. The Labute approximate surface area is 131 Å². The highest BCUT2D eigenvalue weighted by molar-refractivity contribution is 5.90. The van der Waals surface area contributed by atoms with Crippen molar-refractivity contribution in [2.45, 2.75) is 13.1 Å². The molecule has 0 spiro atoms.